The van der Waals surface area contributed by atoms with E-state index in [1.165, 1.54) is 0 Å². The SMILES string of the molecule is O=C(NC1(C(=O)O)CCCCC1)N1C[C@@H]2C[C@@H](C1)c1cccc(=O)n1C2. The van der Waals surface area contributed by atoms with Gasteiger partial charge in [0.05, 0.1) is 0 Å². The Bertz CT molecular complexity index is 781. The molecule has 0 aromatic carbocycles. The smallest absolute Gasteiger partial charge is 0.329 e. The summed E-state index contributed by atoms with van der Waals surface area (Å²) in [5.41, 5.74) is -0.129. The molecular weight excluding hydrogens is 334 g/mol. The number of aliphatic carboxylic acids is 1. The summed E-state index contributed by atoms with van der Waals surface area (Å²) in [6.07, 6.45) is 4.63. The van der Waals surface area contributed by atoms with E-state index in [0.717, 1.165) is 31.4 Å². The van der Waals surface area contributed by atoms with E-state index in [0.29, 0.717) is 32.5 Å². The van der Waals surface area contributed by atoms with E-state index in [4.69, 9.17) is 0 Å². The lowest BCUT2D eigenvalue weighted by Crippen LogP contribution is -2.61. The Balaban J connectivity index is 1.52. The molecule has 2 fully saturated rings. The van der Waals surface area contributed by atoms with Gasteiger partial charge in [0.1, 0.15) is 5.54 Å². The number of pyridine rings is 1. The fourth-order valence-corrected chi connectivity index (χ4v) is 4.89. The number of carboxylic acid groups (broad SMARTS) is 1. The molecule has 7 nitrogen and oxygen atoms in total. The monoisotopic (exact) mass is 359 g/mol. The number of aromatic nitrogens is 1. The van der Waals surface area contributed by atoms with Crippen LogP contribution in [-0.2, 0) is 11.3 Å². The number of hydrogen-bond donors (Lipinski definition) is 2. The van der Waals surface area contributed by atoms with Crippen molar-refractivity contribution in [1.82, 2.24) is 14.8 Å². The molecule has 2 aliphatic heterocycles. The van der Waals surface area contributed by atoms with E-state index < -0.39 is 11.5 Å². The molecule has 26 heavy (non-hydrogen) atoms. The van der Waals surface area contributed by atoms with E-state index in [2.05, 4.69) is 5.32 Å². The Morgan fingerprint density at radius 2 is 1.88 bits per heavy atom. The number of rotatable bonds is 2. The summed E-state index contributed by atoms with van der Waals surface area (Å²) in [6, 6.07) is 5.03. The van der Waals surface area contributed by atoms with Crippen LogP contribution in [0.5, 0.6) is 0 Å². The van der Waals surface area contributed by atoms with Crippen molar-refractivity contribution < 1.29 is 14.7 Å². The van der Waals surface area contributed by atoms with Crippen molar-refractivity contribution in [3.8, 4) is 0 Å². The van der Waals surface area contributed by atoms with Gasteiger partial charge in [0.25, 0.3) is 5.56 Å². The van der Waals surface area contributed by atoms with Gasteiger partial charge in [-0.05, 0) is 31.2 Å². The molecule has 0 unspecified atom stereocenters. The van der Waals surface area contributed by atoms with E-state index in [1.54, 1.807) is 17.0 Å². The lowest BCUT2D eigenvalue weighted by atomic mass is 9.81. The topological polar surface area (TPSA) is 91.6 Å². The molecule has 1 aliphatic carbocycles. The van der Waals surface area contributed by atoms with Crippen molar-refractivity contribution in [3.63, 3.8) is 0 Å². The summed E-state index contributed by atoms with van der Waals surface area (Å²) in [5, 5.41) is 12.5. The second-order valence-electron chi connectivity index (χ2n) is 7.98. The lowest BCUT2D eigenvalue weighted by molar-refractivity contribution is -0.146. The Hall–Kier alpha value is -2.31. The number of amides is 2. The molecule has 1 saturated heterocycles. The first-order chi connectivity index (χ1) is 12.5. The van der Waals surface area contributed by atoms with Crippen molar-refractivity contribution in [1.29, 1.82) is 0 Å². The Labute approximate surface area is 152 Å². The van der Waals surface area contributed by atoms with Gasteiger partial charge in [0.15, 0.2) is 0 Å². The van der Waals surface area contributed by atoms with Gasteiger partial charge in [-0.3, -0.25) is 4.79 Å². The van der Waals surface area contributed by atoms with Gasteiger partial charge in [-0.25, -0.2) is 9.59 Å². The van der Waals surface area contributed by atoms with Gasteiger partial charge in [0.2, 0.25) is 0 Å². The number of carboxylic acids is 1. The maximum absolute atomic E-state index is 12.9. The van der Waals surface area contributed by atoms with Crippen molar-refractivity contribution in [3.05, 3.63) is 34.2 Å². The van der Waals surface area contributed by atoms with E-state index in [1.807, 2.05) is 10.6 Å². The molecule has 1 aromatic heterocycles. The lowest BCUT2D eigenvalue weighted by Gasteiger charge is -2.44. The first-order valence-electron chi connectivity index (χ1n) is 9.49. The first kappa shape index (κ1) is 17.1. The molecule has 7 heteroatoms. The molecule has 3 aliphatic rings. The van der Waals surface area contributed by atoms with Crippen LogP contribution >= 0.6 is 0 Å². The second-order valence-corrected chi connectivity index (χ2v) is 7.98. The van der Waals surface area contributed by atoms with Crippen LogP contribution in [0, 0.1) is 5.92 Å². The van der Waals surface area contributed by atoms with Gasteiger partial charge in [-0.2, -0.15) is 0 Å². The first-order valence-corrected chi connectivity index (χ1v) is 9.49. The third-order valence-corrected chi connectivity index (χ3v) is 6.23. The number of likely N-dealkylation sites (tertiary alicyclic amines) is 1. The van der Waals surface area contributed by atoms with Gasteiger partial charge in [0, 0.05) is 37.3 Å². The van der Waals surface area contributed by atoms with Gasteiger partial charge in [-0.15, -0.1) is 0 Å². The van der Waals surface area contributed by atoms with E-state index in [-0.39, 0.29) is 23.4 Å². The molecule has 1 saturated carbocycles. The Morgan fingerprint density at radius 3 is 2.62 bits per heavy atom. The minimum absolute atomic E-state index is 0.0159. The molecule has 2 N–H and O–H groups in total. The molecular formula is C19H25N3O4. The summed E-state index contributed by atoms with van der Waals surface area (Å²) in [4.78, 5) is 38.5. The second kappa shape index (κ2) is 6.45. The number of hydrogen-bond acceptors (Lipinski definition) is 3. The standard InChI is InChI=1S/C19H25N3O4/c23-16-6-4-5-15-14-9-13(11-22(15)16)10-21(12-14)18(26)20-19(17(24)25)7-2-1-3-8-19/h4-6,13-14H,1-3,7-12H2,(H,20,26)(H,24,25)/t13-,14-/m0/s1. The minimum Gasteiger partial charge on any atom is -0.480 e. The van der Waals surface area contributed by atoms with Crippen LogP contribution in [0.1, 0.15) is 50.1 Å². The Kier molecular flexibility index (Phi) is 4.25. The van der Waals surface area contributed by atoms with Crippen LogP contribution in [0.15, 0.2) is 23.0 Å². The van der Waals surface area contributed by atoms with Crippen LogP contribution in [0.25, 0.3) is 0 Å². The third kappa shape index (κ3) is 2.89. The summed E-state index contributed by atoms with van der Waals surface area (Å²) >= 11 is 0. The molecule has 0 spiro atoms. The average Bonchev–Trinajstić information content (AvgIpc) is 2.63. The summed E-state index contributed by atoms with van der Waals surface area (Å²) in [7, 11) is 0. The number of nitrogens with zero attached hydrogens (tertiary/aromatic N) is 2. The predicted octanol–water partition coefficient (Wildman–Crippen LogP) is 1.76. The van der Waals surface area contributed by atoms with Crippen LogP contribution in [0.2, 0.25) is 0 Å². The zero-order valence-corrected chi connectivity index (χ0v) is 14.8. The highest BCUT2D eigenvalue weighted by molar-refractivity contribution is 5.86. The predicted molar refractivity (Wildman–Crippen MR) is 95.1 cm³/mol. The summed E-state index contributed by atoms with van der Waals surface area (Å²) in [6.45, 7) is 1.72. The van der Waals surface area contributed by atoms with Crippen LogP contribution < -0.4 is 10.9 Å². The molecule has 4 rings (SSSR count). The fraction of sp³-hybridized carbons (Fsp3) is 0.632. The van der Waals surface area contributed by atoms with Crippen LogP contribution in [-0.4, -0.2) is 45.2 Å². The summed E-state index contributed by atoms with van der Waals surface area (Å²) in [5.74, 6) is -0.562. The number of nitrogens with one attached hydrogen (secondary N) is 1. The van der Waals surface area contributed by atoms with Gasteiger partial charge < -0.3 is 19.9 Å². The largest absolute Gasteiger partial charge is 0.480 e. The molecule has 140 valence electrons. The molecule has 2 bridgehead atoms. The van der Waals surface area contributed by atoms with Crippen molar-refractivity contribution in [2.24, 2.45) is 5.92 Å². The normalized spacial score (nSPS) is 26.7. The van der Waals surface area contributed by atoms with E-state index in [9.17, 15) is 19.5 Å². The third-order valence-electron chi connectivity index (χ3n) is 6.23. The zero-order valence-electron chi connectivity index (χ0n) is 14.8. The molecule has 0 radical (unpaired) electrons. The highest BCUT2D eigenvalue weighted by atomic mass is 16.4. The fourth-order valence-electron chi connectivity index (χ4n) is 4.89. The highest BCUT2D eigenvalue weighted by Crippen LogP contribution is 2.35. The highest BCUT2D eigenvalue weighted by Gasteiger charge is 2.43. The molecule has 2 amide bonds. The number of carbonyl (C=O) groups is 2. The Morgan fingerprint density at radius 1 is 1.12 bits per heavy atom. The number of carbonyl (C=O) groups excluding carboxylic acids is 1. The van der Waals surface area contributed by atoms with Gasteiger partial charge in [-0.1, -0.05) is 25.3 Å². The molecule has 3 heterocycles. The zero-order chi connectivity index (χ0) is 18.3. The quantitative estimate of drug-likeness (QED) is 0.842. The number of fused-ring (bicyclic) bond motifs is 4. The molecule has 2 atom stereocenters. The van der Waals surface area contributed by atoms with Crippen molar-refractivity contribution in [2.75, 3.05) is 13.1 Å². The number of piperidine rings is 1. The van der Waals surface area contributed by atoms with Crippen molar-refractivity contribution >= 4 is 12.0 Å². The maximum atomic E-state index is 12.9. The van der Waals surface area contributed by atoms with Crippen LogP contribution in [0.3, 0.4) is 0 Å². The molecule has 1 aromatic rings. The maximum Gasteiger partial charge on any atom is 0.329 e. The van der Waals surface area contributed by atoms with Gasteiger partial charge >= 0.3 is 12.0 Å². The summed E-state index contributed by atoms with van der Waals surface area (Å²) < 4.78 is 1.83. The minimum atomic E-state index is -1.13. The number of urea groups is 1. The van der Waals surface area contributed by atoms with Crippen molar-refractivity contribution in [2.45, 2.75) is 56.5 Å². The van der Waals surface area contributed by atoms with E-state index >= 15 is 0 Å². The average molecular weight is 359 g/mol. The van der Waals surface area contributed by atoms with Crippen LogP contribution in [0.4, 0.5) is 4.79 Å².